The van der Waals surface area contributed by atoms with Crippen molar-refractivity contribution < 1.29 is 19.8 Å². The molecule has 6 nitrogen and oxygen atoms in total. The number of aliphatic hydroxyl groups is 1. The van der Waals surface area contributed by atoms with Gasteiger partial charge in [0.15, 0.2) is 0 Å². The molecule has 0 fully saturated rings. The van der Waals surface area contributed by atoms with Crippen molar-refractivity contribution in [2.24, 2.45) is 0 Å². The van der Waals surface area contributed by atoms with Crippen LogP contribution in [0.15, 0.2) is 0 Å². The van der Waals surface area contributed by atoms with Crippen LogP contribution in [0, 0.1) is 0 Å². The molecule has 0 aromatic carbocycles. The molecule has 0 aliphatic heterocycles. The molecule has 0 spiro atoms. The molecule has 0 aliphatic carbocycles. The zero-order valence-corrected chi connectivity index (χ0v) is 9.91. The number of rotatable bonds is 6. The fourth-order valence-corrected chi connectivity index (χ4v) is 1.00. The highest BCUT2D eigenvalue weighted by Crippen LogP contribution is 1.97. The predicted molar refractivity (Wildman–Crippen MR) is 59.0 cm³/mol. The number of hydrogen-bond donors (Lipinski definition) is 4. The lowest BCUT2D eigenvalue weighted by atomic mass is 10.1. The van der Waals surface area contributed by atoms with Crippen LogP contribution >= 0.6 is 0 Å². The molecule has 4 N–H and O–H groups in total. The summed E-state index contributed by atoms with van der Waals surface area (Å²) in [7, 11) is 0. The molecule has 0 radical (unpaired) electrons. The third-order valence-electron chi connectivity index (χ3n) is 1.82. The highest BCUT2D eigenvalue weighted by molar-refractivity contribution is 5.83. The molecule has 0 saturated carbocycles. The third-order valence-corrected chi connectivity index (χ3v) is 1.82. The fourth-order valence-electron chi connectivity index (χ4n) is 1.00. The van der Waals surface area contributed by atoms with E-state index in [1.54, 1.807) is 0 Å². The van der Waals surface area contributed by atoms with Crippen molar-refractivity contribution in [1.29, 1.82) is 0 Å². The first kappa shape index (κ1) is 14.9. The average Bonchev–Trinajstić information content (AvgIpc) is 2.11. The van der Waals surface area contributed by atoms with Gasteiger partial charge in [0.1, 0.15) is 6.04 Å². The van der Waals surface area contributed by atoms with Crippen molar-refractivity contribution >= 4 is 11.9 Å². The Morgan fingerprint density at radius 3 is 2.25 bits per heavy atom. The van der Waals surface area contributed by atoms with Gasteiger partial charge in [0.2, 0.25) is 5.91 Å². The van der Waals surface area contributed by atoms with Gasteiger partial charge in [-0.25, -0.2) is 4.79 Å². The van der Waals surface area contributed by atoms with Crippen LogP contribution in [0.4, 0.5) is 0 Å². The number of nitrogens with one attached hydrogen (secondary N) is 2. The van der Waals surface area contributed by atoms with Crippen molar-refractivity contribution in [2.45, 2.75) is 38.8 Å². The van der Waals surface area contributed by atoms with Crippen molar-refractivity contribution in [2.75, 3.05) is 13.2 Å². The van der Waals surface area contributed by atoms with Gasteiger partial charge in [-0.05, 0) is 20.8 Å². The summed E-state index contributed by atoms with van der Waals surface area (Å²) in [5.74, 6) is -1.63. The SMILES string of the molecule is CC(C)(C)NCCC(=O)NC(CO)C(=O)O. The second kappa shape index (κ2) is 6.44. The van der Waals surface area contributed by atoms with E-state index in [1.165, 1.54) is 0 Å². The lowest BCUT2D eigenvalue weighted by molar-refractivity contribution is -0.142. The van der Waals surface area contributed by atoms with E-state index in [9.17, 15) is 9.59 Å². The number of aliphatic carboxylic acids is 1. The maximum absolute atomic E-state index is 11.3. The first-order valence-corrected chi connectivity index (χ1v) is 5.14. The predicted octanol–water partition coefficient (Wildman–Crippen LogP) is -0.674. The van der Waals surface area contributed by atoms with Crippen LogP contribution in [0.3, 0.4) is 0 Å². The molecule has 1 amide bonds. The standard InChI is InChI=1S/C10H20N2O4/c1-10(2,3)11-5-4-8(14)12-7(6-13)9(15)16/h7,11,13H,4-6H2,1-3H3,(H,12,14)(H,15,16). The Hall–Kier alpha value is -1.14. The van der Waals surface area contributed by atoms with Gasteiger partial charge < -0.3 is 20.8 Å². The van der Waals surface area contributed by atoms with Gasteiger partial charge >= 0.3 is 5.97 Å². The average molecular weight is 232 g/mol. The number of carboxylic acids is 1. The van der Waals surface area contributed by atoms with Crippen LogP contribution in [-0.2, 0) is 9.59 Å². The van der Waals surface area contributed by atoms with Gasteiger partial charge in [0.25, 0.3) is 0 Å². The smallest absolute Gasteiger partial charge is 0.328 e. The number of aliphatic hydroxyl groups excluding tert-OH is 1. The van der Waals surface area contributed by atoms with E-state index in [-0.39, 0.29) is 12.0 Å². The molecule has 0 aromatic rings. The minimum atomic E-state index is -1.24. The number of carboxylic acid groups (broad SMARTS) is 1. The lowest BCUT2D eigenvalue weighted by Gasteiger charge is -2.20. The fraction of sp³-hybridized carbons (Fsp3) is 0.800. The molecule has 0 rings (SSSR count). The Labute approximate surface area is 95.0 Å². The largest absolute Gasteiger partial charge is 0.480 e. The molecule has 6 heteroatoms. The summed E-state index contributed by atoms with van der Waals surface area (Å²) in [5, 5.41) is 22.6. The second-order valence-electron chi connectivity index (χ2n) is 4.57. The van der Waals surface area contributed by atoms with Gasteiger partial charge in [-0.2, -0.15) is 0 Å². The molecular weight excluding hydrogens is 212 g/mol. The van der Waals surface area contributed by atoms with Crippen LogP contribution in [-0.4, -0.2) is 46.8 Å². The summed E-state index contributed by atoms with van der Waals surface area (Å²) in [6.45, 7) is 5.77. The quantitative estimate of drug-likeness (QED) is 0.486. The summed E-state index contributed by atoms with van der Waals surface area (Å²) in [4.78, 5) is 21.8. The molecule has 0 heterocycles. The van der Waals surface area contributed by atoms with E-state index in [0.717, 1.165) is 0 Å². The Morgan fingerprint density at radius 2 is 1.88 bits per heavy atom. The minimum Gasteiger partial charge on any atom is -0.480 e. The molecule has 94 valence electrons. The second-order valence-corrected chi connectivity index (χ2v) is 4.57. The van der Waals surface area contributed by atoms with Crippen LogP contribution in [0.2, 0.25) is 0 Å². The number of amides is 1. The van der Waals surface area contributed by atoms with E-state index in [2.05, 4.69) is 10.6 Å². The van der Waals surface area contributed by atoms with Crippen LogP contribution < -0.4 is 10.6 Å². The number of hydrogen-bond acceptors (Lipinski definition) is 4. The topological polar surface area (TPSA) is 98.7 Å². The van der Waals surface area contributed by atoms with E-state index in [1.807, 2.05) is 20.8 Å². The summed E-state index contributed by atoms with van der Waals surface area (Å²) in [6, 6.07) is -1.22. The maximum Gasteiger partial charge on any atom is 0.328 e. The van der Waals surface area contributed by atoms with Crippen LogP contribution in [0.5, 0.6) is 0 Å². The van der Waals surface area contributed by atoms with Gasteiger partial charge in [0.05, 0.1) is 6.61 Å². The van der Waals surface area contributed by atoms with Crippen LogP contribution in [0.1, 0.15) is 27.2 Å². The van der Waals surface area contributed by atoms with Crippen molar-refractivity contribution in [3.8, 4) is 0 Å². The van der Waals surface area contributed by atoms with Gasteiger partial charge in [-0.15, -0.1) is 0 Å². The third kappa shape index (κ3) is 7.19. The molecular formula is C10H20N2O4. The van der Waals surface area contributed by atoms with Gasteiger partial charge in [-0.3, -0.25) is 4.79 Å². The summed E-state index contributed by atoms with van der Waals surface area (Å²) in [6.07, 6.45) is 0.182. The summed E-state index contributed by atoms with van der Waals surface area (Å²) >= 11 is 0. The lowest BCUT2D eigenvalue weighted by Crippen LogP contribution is -2.45. The molecule has 1 atom stereocenters. The molecule has 16 heavy (non-hydrogen) atoms. The Bertz CT molecular complexity index is 248. The molecule has 0 aliphatic rings. The van der Waals surface area contributed by atoms with Crippen molar-refractivity contribution in [3.63, 3.8) is 0 Å². The Balaban J connectivity index is 3.86. The summed E-state index contributed by atoms with van der Waals surface area (Å²) < 4.78 is 0. The molecule has 0 aromatic heterocycles. The first-order chi connectivity index (χ1) is 7.26. The van der Waals surface area contributed by atoms with E-state index >= 15 is 0 Å². The van der Waals surface area contributed by atoms with Gasteiger partial charge in [0, 0.05) is 18.5 Å². The highest BCUT2D eigenvalue weighted by Gasteiger charge is 2.18. The zero-order chi connectivity index (χ0) is 12.8. The first-order valence-electron chi connectivity index (χ1n) is 5.14. The van der Waals surface area contributed by atoms with Crippen molar-refractivity contribution in [1.82, 2.24) is 10.6 Å². The maximum atomic E-state index is 11.3. The number of carbonyl (C=O) groups excluding carboxylic acids is 1. The number of carbonyl (C=O) groups is 2. The normalized spacial score (nSPS) is 13.2. The zero-order valence-electron chi connectivity index (χ0n) is 9.91. The minimum absolute atomic E-state index is 0.0799. The van der Waals surface area contributed by atoms with Crippen LogP contribution in [0.25, 0.3) is 0 Å². The van der Waals surface area contributed by atoms with E-state index in [4.69, 9.17) is 10.2 Å². The Morgan fingerprint density at radius 1 is 1.31 bits per heavy atom. The van der Waals surface area contributed by atoms with Gasteiger partial charge in [-0.1, -0.05) is 0 Å². The molecule has 0 saturated heterocycles. The summed E-state index contributed by atoms with van der Waals surface area (Å²) in [5.41, 5.74) is -0.0799. The molecule has 1 unspecified atom stereocenters. The molecule has 0 bridgehead atoms. The van der Waals surface area contributed by atoms with E-state index in [0.29, 0.717) is 6.54 Å². The highest BCUT2D eigenvalue weighted by atomic mass is 16.4. The Kier molecular flexibility index (Phi) is 5.98. The monoisotopic (exact) mass is 232 g/mol. The van der Waals surface area contributed by atoms with E-state index < -0.39 is 24.5 Å². The van der Waals surface area contributed by atoms with Crippen molar-refractivity contribution in [3.05, 3.63) is 0 Å².